The second-order valence-corrected chi connectivity index (χ2v) is 6.20. The zero-order valence-electron chi connectivity index (χ0n) is 12.5. The molecule has 0 atom stereocenters. The maximum absolute atomic E-state index is 4.93. The molecule has 0 amide bonds. The summed E-state index contributed by atoms with van der Waals surface area (Å²) in [5.74, 6) is 0.995. The smallest absolute Gasteiger partial charge is 0.178 e. The molecule has 3 rings (SSSR count). The molecule has 5 heteroatoms. The first-order valence-corrected chi connectivity index (χ1v) is 8.26. The Morgan fingerprint density at radius 3 is 2.77 bits per heavy atom. The minimum atomic E-state index is 0.820. The van der Waals surface area contributed by atoms with Gasteiger partial charge in [0.1, 0.15) is 7.05 Å². The van der Waals surface area contributed by atoms with E-state index in [9.17, 15) is 0 Å². The second kappa shape index (κ2) is 7.22. The van der Waals surface area contributed by atoms with Crippen LogP contribution in [0.1, 0.15) is 12.0 Å². The number of hydrogen-bond acceptors (Lipinski definition) is 4. The second-order valence-electron chi connectivity index (χ2n) is 5.11. The first kappa shape index (κ1) is 14.8. The van der Waals surface area contributed by atoms with Crippen LogP contribution in [0.5, 0.6) is 0 Å². The highest BCUT2D eigenvalue weighted by molar-refractivity contribution is 7.99. The monoisotopic (exact) mass is 312 g/mol. The van der Waals surface area contributed by atoms with Gasteiger partial charge in [-0.2, -0.15) is 0 Å². The maximum atomic E-state index is 4.93. The molecular formula is C17H18N3OS+. The van der Waals surface area contributed by atoms with Crippen molar-refractivity contribution in [1.29, 1.82) is 0 Å². The van der Waals surface area contributed by atoms with Crippen LogP contribution >= 0.6 is 11.8 Å². The third-order valence-electron chi connectivity index (χ3n) is 3.36. The molecule has 0 N–H and O–H groups in total. The quantitative estimate of drug-likeness (QED) is 0.398. The molecule has 3 aromatic rings. The summed E-state index contributed by atoms with van der Waals surface area (Å²) >= 11 is 1.70. The number of thioether (sulfide) groups is 1. The average Bonchev–Trinajstić information content (AvgIpc) is 3.01. The number of aromatic nitrogens is 3. The predicted molar refractivity (Wildman–Crippen MR) is 86.4 cm³/mol. The van der Waals surface area contributed by atoms with Crippen LogP contribution in [0.4, 0.5) is 0 Å². The summed E-state index contributed by atoms with van der Waals surface area (Å²) in [6, 6.07) is 14.6. The Hall–Kier alpha value is -2.14. The number of pyridine rings is 1. The van der Waals surface area contributed by atoms with Crippen LogP contribution < -0.4 is 4.57 Å². The Bertz CT molecular complexity index is 728. The number of hydrogen-bond donors (Lipinski definition) is 0. The molecule has 1 aromatic carbocycles. The van der Waals surface area contributed by atoms with Crippen LogP contribution in [0.25, 0.3) is 11.3 Å². The minimum Gasteiger partial charge on any atom is -0.243 e. The first-order valence-electron chi connectivity index (χ1n) is 7.28. The van der Waals surface area contributed by atoms with E-state index in [0.717, 1.165) is 34.9 Å². The molecule has 0 fully saturated rings. The van der Waals surface area contributed by atoms with E-state index in [1.165, 1.54) is 5.56 Å². The van der Waals surface area contributed by atoms with Crippen LogP contribution in [-0.4, -0.2) is 16.1 Å². The third-order valence-corrected chi connectivity index (χ3v) is 4.40. The van der Waals surface area contributed by atoms with Gasteiger partial charge in [-0.25, -0.2) is 9.20 Å². The van der Waals surface area contributed by atoms with Crippen molar-refractivity contribution in [3.05, 3.63) is 60.4 Å². The van der Waals surface area contributed by atoms with E-state index in [2.05, 4.69) is 34.6 Å². The fraction of sp³-hybridized carbons (Fsp3) is 0.235. The van der Waals surface area contributed by atoms with Gasteiger partial charge in [0.2, 0.25) is 0 Å². The first-order chi connectivity index (χ1) is 10.8. The summed E-state index contributed by atoms with van der Waals surface area (Å²) < 4.78 is 6.92. The molecule has 0 spiro atoms. The summed E-state index contributed by atoms with van der Waals surface area (Å²) in [6.45, 7) is 0. The number of benzene rings is 1. The van der Waals surface area contributed by atoms with E-state index < -0.39 is 0 Å². The minimum absolute atomic E-state index is 0.820. The fourth-order valence-electron chi connectivity index (χ4n) is 2.27. The molecule has 0 radical (unpaired) electrons. The maximum Gasteiger partial charge on any atom is 0.178 e. The topological polar surface area (TPSA) is 42.8 Å². The molecular weight excluding hydrogens is 294 g/mol. The lowest BCUT2D eigenvalue weighted by molar-refractivity contribution is -0.671. The highest BCUT2D eigenvalue weighted by atomic mass is 32.2. The summed E-state index contributed by atoms with van der Waals surface area (Å²) in [7, 11) is 1.99. The summed E-state index contributed by atoms with van der Waals surface area (Å²) in [4.78, 5) is 0. The summed E-state index contributed by atoms with van der Waals surface area (Å²) in [5.41, 5.74) is 3.22. The Morgan fingerprint density at radius 2 is 1.95 bits per heavy atom. The Labute approximate surface area is 134 Å². The van der Waals surface area contributed by atoms with E-state index in [-0.39, 0.29) is 0 Å². The van der Waals surface area contributed by atoms with Gasteiger partial charge in [0, 0.05) is 11.8 Å². The van der Waals surface area contributed by atoms with Gasteiger partial charge in [-0.3, -0.25) is 0 Å². The van der Waals surface area contributed by atoms with Crippen molar-refractivity contribution >= 4 is 11.8 Å². The molecule has 2 aromatic heterocycles. The predicted octanol–water partition coefficient (Wildman–Crippen LogP) is 3.29. The van der Waals surface area contributed by atoms with Gasteiger partial charge in [0.05, 0.1) is 5.56 Å². The number of aryl methyl sites for hydroxylation is 2. The van der Waals surface area contributed by atoms with E-state index in [1.807, 2.05) is 42.2 Å². The molecule has 112 valence electrons. The molecule has 22 heavy (non-hydrogen) atoms. The third kappa shape index (κ3) is 3.74. The molecule has 0 aliphatic rings. The zero-order valence-corrected chi connectivity index (χ0v) is 13.3. The standard InChI is InChI=1S/C17H18N3OS/c1-20-11-5-10-15(13-20)16-17(19-21-18-16)22-12-6-9-14-7-3-2-4-8-14/h2-5,7-8,10-11,13H,6,9,12H2,1H3/q+1. The molecule has 0 saturated heterocycles. The molecule has 0 saturated carbocycles. The number of nitrogens with zero attached hydrogens (tertiary/aromatic N) is 3. The Kier molecular flexibility index (Phi) is 4.85. The van der Waals surface area contributed by atoms with Crippen molar-refractivity contribution in [2.75, 3.05) is 5.75 Å². The average molecular weight is 312 g/mol. The molecule has 0 aliphatic heterocycles. The Morgan fingerprint density at radius 1 is 1.09 bits per heavy atom. The van der Waals surface area contributed by atoms with Crippen LogP contribution in [0.3, 0.4) is 0 Å². The highest BCUT2D eigenvalue weighted by Crippen LogP contribution is 2.28. The molecule has 0 bridgehead atoms. The van der Waals surface area contributed by atoms with Crippen molar-refractivity contribution in [1.82, 2.24) is 10.3 Å². The van der Waals surface area contributed by atoms with Gasteiger partial charge in [-0.05, 0) is 34.8 Å². The van der Waals surface area contributed by atoms with Crippen LogP contribution in [0, 0.1) is 0 Å². The largest absolute Gasteiger partial charge is 0.243 e. The van der Waals surface area contributed by atoms with E-state index in [0.29, 0.717) is 0 Å². The summed E-state index contributed by atoms with van der Waals surface area (Å²) in [5, 5.41) is 8.94. The lowest BCUT2D eigenvalue weighted by Crippen LogP contribution is -2.26. The van der Waals surface area contributed by atoms with Crippen LogP contribution in [-0.2, 0) is 13.5 Å². The van der Waals surface area contributed by atoms with Crippen molar-refractivity contribution in [2.45, 2.75) is 17.9 Å². The van der Waals surface area contributed by atoms with Crippen molar-refractivity contribution in [3.8, 4) is 11.3 Å². The fourth-order valence-corrected chi connectivity index (χ4v) is 3.13. The lowest BCUT2D eigenvalue weighted by Gasteiger charge is -2.01. The molecule has 4 nitrogen and oxygen atoms in total. The van der Waals surface area contributed by atoms with Gasteiger partial charge in [0.25, 0.3) is 0 Å². The van der Waals surface area contributed by atoms with Gasteiger partial charge >= 0.3 is 0 Å². The van der Waals surface area contributed by atoms with E-state index >= 15 is 0 Å². The van der Waals surface area contributed by atoms with Crippen LogP contribution in [0.2, 0.25) is 0 Å². The number of rotatable bonds is 6. The van der Waals surface area contributed by atoms with Crippen molar-refractivity contribution < 1.29 is 9.20 Å². The van der Waals surface area contributed by atoms with Gasteiger partial charge in [-0.15, -0.1) is 11.8 Å². The molecule has 2 heterocycles. The lowest BCUT2D eigenvalue weighted by atomic mass is 10.1. The van der Waals surface area contributed by atoms with Crippen LogP contribution in [0.15, 0.2) is 64.5 Å². The molecule has 0 aliphatic carbocycles. The normalized spacial score (nSPS) is 10.8. The van der Waals surface area contributed by atoms with Gasteiger partial charge in [-0.1, -0.05) is 30.3 Å². The SMILES string of the molecule is C[n+]1cccc(-c2nonc2SCCCc2ccccc2)c1. The summed E-state index contributed by atoms with van der Waals surface area (Å²) in [6.07, 6.45) is 6.19. The highest BCUT2D eigenvalue weighted by Gasteiger charge is 2.14. The zero-order chi connectivity index (χ0) is 15.2. The Balaban J connectivity index is 1.59. The van der Waals surface area contributed by atoms with Gasteiger partial charge in [0.15, 0.2) is 23.1 Å². The van der Waals surface area contributed by atoms with Gasteiger partial charge < -0.3 is 0 Å². The van der Waals surface area contributed by atoms with E-state index in [4.69, 9.17) is 4.63 Å². The molecule has 0 unspecified atom stereocenters. The van der Waals surface area contributed by atoms with Crippen molar-refractivity contribution in [2.24, 2.45) is 7.05 Å². The van der Waals surface area contributed by atoms with E-state index in [1.54, 1.807) is 11.8 Å². The van der Waals surface area contributed by atoms with Crippen molar-refractivity contribution in [3.63, 3.8) is 0 Å².